The fourth-order valence-electron chi connectivity index (χ4n) is 5.35. The third kappa shape index (κ3) is 6.15. The predicted molar refractivity (Wildman–Crippen MR) is 115 cm³/mol. The molecule has 0 unspecified atom stereocenters. The van der Waals surface area contributed by atoms with Crippen molar-refractivity contribution in [1.29, 1.82) is 0 Å². The van der Waals surface area contributed by atoms with Crippen molar-refractivity contribution in [2.75, 3.05) is 0 Å². The number of unbranched alkanes of at least 4 members (excludes halogenated alkanes) is 1. The average molecular weight is 373 g/mol. The smallest absolute Gasteiger partial charge is 0.0406 e. The average Bonchev–Trinajstić information content (AvgIpc) is 2.69. The standard InChI is InChI=1S/C25H37Cl/c1-2-3-4-5-20-6-8-21(9-7-20)10-11-22-12-14-23(15-13-22)24-16-18-25(26)19-17-24/h2,16-23H,1,3-15H2. The van der Waals surface area contributed by atoms with E-state index in [0.717, 1.165) is 28.7 Å². The van der Waals surface area contributed by atoms with Crippen molar-refractivity contribution >= 4 is 11.6 Å². The van der Waals surface area contributed by atoms with Gasteiger partial charge in [-0.15, -0.1) is 6.58 Å². The summed E-state index contributed by atoms with van der Waals surface area (Å²) in [6.07, 6.45) is 20.7. The molecular weight excluding hydrogens is 336 g/mol. The quantitative estimate of drug-likeness (QED) is 0.316. The zero-order chi connectivity index (χ0) is 18.2. The van der Waals surface area contributed by atoms with Crippen molar-refractivity contribution < 1.29 is 0 Å². The van der Waals surface area contributed by atoms with Gasteiger partial charge in [0.15, 0.2) is 0 Å². The van der Waals surface area contributed by atoms with Crippen LogP contribution < -0.4 is 0 Å². The number of hydrogen-bond acceptors (Lipinski definition) is 0. The second-order valence-corrected chi connectivity index (χ2v) is 9.39. The summed E-state index contributed by atoms with van der Waals surface area (Å²) in [7, 11) is 0. The summed E-state index contributed by atoms with van der Waals surface area (Å²) < 4.78 is 0. The van der Waals surface area contributed by atoms with Crippen molar-refractivity contribution in [1.82, 2.24) is 0 Å². The lowest BCUT2D eigenvalue weighted by molar-refractivity contribution is 0.223. The second kappa shape index (κ2) is 10.5. The van der Waals surface area contributed by atoms with E-state index in [9.17, 15) is 0 Å². The molecule has 2 fully saturated rings. The molecule has 3 rings (SSSR count). The van der Waals surface area contributed by atoms with Crippen molar-refractivity contribution in [3.8, 4) is 0 Å². The fourth-order valence-corrected chi connectivity index (χ4v) is 5.48. The summed E-state index contributed by atoms with van der Waals surface area (Å²) in [5.74, 6) is 3.80. The van der Waals surface area contributed by atoms with Crippen LogP contribution in [0.3, 0.4) is 0 Å². The highest BCUT2D eigenvalue weighted by Crippen LogP contribution is 2.40. The number of halogens is 1. The van der Waals surface area contributed by atoms with Gasteiger partial charge < -0.3 is 0 Å². The first-order valence-electron chi connectivity index (χ1n) is 11.1. The van der Waals surface area contributed by atoms with Crippen LogP contribution in [-0.2, 0) is 0 Å². The SMILES string of the molecule is C=CCCCC1CCC(CCC2CCC(c3ccc(Cl)cc3)CC2)CC1. The third-order valence-electron chi connectivity index (χ3n) is 7.16. The topological polar surface area (TPSA) is 0 Å². The minimum atomic E-state index is 0.773. The first-order chi connectivity index (χ1) is 12.7. The van der Waals surface area contributed by atoms with Crippen molar-refractivity contribution in [3.05, 3.63) is 47.5 Å². The highest BCUT2D eigenvalue weighted by Gasteiger charge is 2.25. The molecule has 2 saturated carbocycles. The normalized spacial score (nSPS) is 29.4. The van der Waals surface area contributed by atoms with E-state index >= 15 is 0 Å². The van der Waals surface area contributed by atoms with Gasteiger partial charge in [-0.3, -0.25) is 0 Å². The molecule has 0 radical (unpaired) electrons. The monoisotopic (exact) mass is 372 g/mol. The fraction of sp³-hybridized carbons (Fsp3) is 0.680. The molecule has 2 aliphatic carbocycles. The van der Waals surface area contributed by atoms with Crippen LogP contribution in [0.1, 0.15) is 95.0 Å². The minimum Gasteiger partial charge on any atom is -0.103 e. The van der Waals surface area contributed by atoms with Gasteiger partial charge in [0.1, 0.15) is 0 Å². The van der Waals surface area contributed by atoms with Gasteiger partial charge in [0.05, 0.1) is 0 Å². The molecule has 0 bridgehead atoms. The largest absolute Gasteiger partial charge is 0.103 e. The van der Waals surface area contributed by atoms with Crippen LogP contribution in [0.5, 0.6) is 0 Å². The van der Waals surface area contributed by atoms with Crippen molar-refractivity contribution in [3.63, 3.8) is 0 Å². The van der Waals surface area contributed by atoms with E-state index in [0.29, 0.717) is 0 Å². The number of rotatable bonds is 8. The highest BCUT2D eigenvalue weighted by molar-refractivity contribution is 6.30. The predicted octanol–water partition coefficient (Wildman–Crippen LogP) is 8.56. The maximum absolute atomic E-state index is 6.03. The molecule has 26 heavy (non-hydrogen) atoms. The van der Waals surface area contributed by atoms with Gasteiger partial charge in [0.25, 0.3) is 0 Å². The molecule has 0 aliphatic heterocycles. The van der Waals surface area contributed by atoms with Crippen LogP contribution in [0.4, 0.5) is 0 Å². The molecule has 0 nitrogen and oxygen atoms in total. The Bertz CT molecular complexity index is 516. The first-order valence-corrected chi connectivity index (χ1v) is 11.5. The van der Waals surface area contributed by atoms with Crippen LogP contribution >= 0.6 is 11.6 Å². The summed E-state index contributed by atoms with van der Waals surface area (Å²) in [6, 6.07) is 8.58. The third-order valence-corrected chi connectivity index (χ3v) is 7.41. The molecule has 1 aromatic rings. The van der Waals surface area contributed by atoms with E-state index in [1.807, 2.05) is 0 Å². The lowest BCUT2D eigenvalue weighted by atomic mass is 9.74. The Morgan fingerprint density at radius 2 is 1.27 bits per heavy atom. The maximum atomic E-state index is 6.03. The molecule has 0 amide bonds. The van der Waals surface area contributed by atoms with Crippen LogP contribution in [0.25, 0.3) is 0 Å². The molecule has 1 heteroatoms. The number of hydrogen-bond donors (Lipinski definition) is 0. The Morgan fingerprint density at radius 3 is 1.81 bits per heavy atom. The molecule has 0 spiro atoms. The highest BCUT2D eigenvalue weighted by atomic mass is 35.5. The molecule has 0 aromatic heterocycles. The second-order valence-electron chi connectivity index (χ2n) is 8.95. The van der Waals surface area contributed by atoms with Gasteiger partial charge >= 0.3 is 0 Å². The van der Waals surface area contributed by atoms with E-state index < -0.39 is 0 Å². The lowest BCUT2D eigenvalue weighted by Gasteiger charge is -2.32. The Kier molecular flexibility index (Phi) is 8.11. The molecular formula is C25H37Cl. The van der Waals surface area contributed by atoms with Gasteiger partial charge in [-0.1, -0.05) is 74.8 Å². The molecule has 0 saturated heterocycles. The summed E-state index contributed by atoms with van der Waals surface area (Å²) in [5, 5.41) is 0.859. The summed E-state index contributed by atoms with van der Waals surface area (Å²) in [5.41, 5.74) is 1.50. The Hall–Kier alpha value is -0.750. The van der Waals surface area contributed by atoms with E-state index in [4.69, 9.17) is 11.6 Å². The molecule has 0 N–H and O–H groups in total. The molecule has 2 aliphatic rings. The van der Waals surface area contributed by atoms with Gasteiger partial charge in [-0.05, 0) is 79.9 Å². The van der Waals surface area contributed by atoms with Crippen LogP contribution in [0.2, 0.25) is 5.02 Å². The molecule has 144 valence electrons. The van der Waals surface area contributed by atoms with Crippen molar-refractivity contribution in [2.45, 2.75) is 89.4 Å². The van der Waals surface area contributed by atoms with Crippen LogP contribution in [-0.4, -0.2) is 0 Å². The number of benzene rings is 1. The molecule has 0 heterocycles. The Labute approximate surface area is 166 Å². The molecule has 1 aromatic carbocycles. The van der Waals surface area contributed by atoms with E-state index in [-0.39, 0.29) is 0 Å². The van der Waals surface area contributed by atoms with Gasteiger partial charge in [-0.2, -0.15) is 0 Å². The lowest BCUT2D eigenvalue weighted by Crippen LogP contribution is -2.17. The summed E-state index contributed by atoms with van der Waals surface area (Å²) in [4.78, 5) is 0. The zero-order valence-corrected chi connectivity index (χ0v) is 17.2. The Morgan fingerprint density at radius 1 is 0.769 bits per heavy atom. The van der Waals surface area contributed by atoms with Gasteiger partial charge in [-0.25, -0.2) is 0 Å². The van der Waals surface area contributed by atoms with Crippen LogP contribution in [0, 0.1) is 17.8 Å². The zero-order valence-electron chi connectivity index (χ0n) is 16.5. The van der Waals surface area contributed by atoms with Gasteiger partial charge in [0.2, 0.25) is 0 Å². The van der Waals surface area contributed by atoms with E-state index in [1.165, 1.54) is 89.0 Å². The van der Waals surface area contributed by atoms with E-state index in [1.54, 1.807) is 0 Å². The molecule has 0 atom stereocenters. The van der Waals surface area contributed by atoms with Gasteiger partial charge in [0, 0.05) is 5.02 Å². The Balaban J connectivity index is 1.31. The number of allylic oxidation sites excluding steroid dienone is 1. The summed E-state index contributed by atoms with van der Waals surface area (Å²) >= 11 is 6.03. The first kappa shape index (κ1) is 20.0. The maximum Gasteiger partial charge on any atom is 0.0406 e. The van der Waals surface area contributed by atoms with Crippen LogP contribution in [0.15, 0.2) is 36.9 Å². The minimum absolute atomic E-state index is 0.773. The van der Waals surface area contributed by atoms with E-state index in [2.05, 4.69) is 36.9 Å². The van der Waals surface area contributed by atoms with Crippen molar-refractivity contribution in [2.24, 2.45) is 17.8 Å². The summed E-state index contributed by atoms with van der Waals surface area (Å²) in [6.45, 7) is 3.84.